The second-order valence-electron chi connectivity index (χ2n) is 5.57. The lowest BCUT2D eigenvalue weighted by atomic mass is 9.86. The Hall–Kier alpha value is -1.84. The number of nitrogens with one attached hydrogen (secondary N) is 1. The fourth-order valence-electron chi connectivity index (χ4n) is 2.84. The number of rotatable bonds is 4. The summed E-state index contributed by atoms with van der Waals surface area (Å²) in [6.45, 7) is 2.16. The molecule has 1 fully saturated rings. The number of aromatic carboxylic acids is 1. The molecule has 2 rings (SSSR count). The van der Waals surface area contributed by atoms with Gasteiger partial charge in [-0.2, -0.15) is 0 Å². The van der Waals surface area contributed by atoms with Gasteiger partial charge in [-0.05, 0) is 30.4 Å². The highest BCUT2D eigenvalue weighted by Gasteiger charge is 2.23. The van der Waals surface area contributed by atoms with Gasteiger partial charge < -0.3 is 10.4 Å². The predicted molar refractivity (Wildman–Crippen MR) is 76.7 cm³/mol. The number of carbonyl (C=O) groups excluding carboxylic acids is 1. The highest BCUT2D eigenvalue weighted by molar-refractivity contribution is 5.91. The van der Waals surface area contributed by atoms with Crippen molar-refractivity contribution in [3.63, 3.8) is 0 Å². The summed E-state index contributed by atoms with van der Waals surface area (Å²) >= 11 is 0. The Morgan fingerprint density at radius 3 is 2.65 bits per heavy atom. The van der Waals surface area contributed by atoms with Gasteiger partial charge in [0.25, 0.3) is 0 Å². The van der Waals surface area contributed by atoms with Crippen LogP contribution in [0.25, 0.3) is 0 Å². The molecule has 108 valence electrons. The Bertz CT molecular complexity index is 498. The van der Waals surface area contributed by atoms with Crippen LogP contribution in [0.5, 0.6) is 0 Å². The minimum absolute atomic E-state index is 0.0857. The minimum atomic E-state index is -0.987. The summed E-state index contributed by atoms with van der Waals surface area (Å²) in [5.41, 5.74) is 0.778. The molecule has 0 spiro atoms. The van der Waals surface area contributed by atoms with E-state index < -0.39 is 5.97 Å². The maximum atomic E-state index is 12.1. The number of amides is 1. The fourth-order valence-corrected chi connectivity index (χ4v) is 2.84. The standard InChI is InChI=1S/C16H21NO3/c1-11-6-2-5-9-14(11)17-15(18)10-12-7-3-4-8-13(12)16(19)20/h3-4,7-8,11,14H,2,5-6,9-10H2,1H3,(H,17,18)(H,19,20). The van der Waals surface area contributed by atoms with E-state index in [1.807, 2.05) is 0 Å². The zero-order chi connectivity index (χ0) is 14.5. The summed E-state index contributed by atoms with van der Waals surface area (Å²) in [6, 6.07) is 6.90. The minimum Gasteiger partial charge on any atom is -0.478 e. The first-order chi connectivity index (χ1) is 9.58. The lowest BCUT2D eigenvalue weighted by Crippen LogP contribution is -2.41. The Kier molecular flexibility index (Phi) is 4.77. The van der Waals surface area contributed by atoms with E-state index in [1.54, 1.807) is 18.2 Å². The summed E-state index contributed by atoms with van der Waals surface area (Å²) in [5.74, 6) is -0.570. The van der Waals surface area contributed by atoms with Gasteiger partial charge in [0.2, 0.25) is 5.91 Å². The molecule has 2 unspecified atom stereocenters. The average Bonchev–Trinajstić information content (AvgIpc) is 2.41. The third kappa shape index (κ3) is 3.59. The Morgan fingerprint density at radius 2 is 1.95 bits per heavy atom. The van der Waals surface area contributed by atoms with Gasteiger partial charge in [0, 0.05) is 6.04 Å². The highest BCUT2D eigenvalue weighted by atomic mass is 16.4. The molecule has 0 heterocycles. The van der Waals surface area contributed by atoms with E-state index in [0.717, 1.165) is 19.3 Å². The van der Waals surface area contributed by atoms with Crippen LogP contribution in [0.2, 0.25) is 0 Å². The molecular weight excluding hydrogens is 254 g/mol. The maximum absolute atomic E-state index is 12.1. The van der Waals surface area contributed by atoms with Crippen molar-refractivity contribution in [1.29, 1.82) is 0 Å². The second-order valence-corrected chi connectivity index (χ2v) is 5.57. The van der Waals surface area contributed by atoms with Crippen LogP contribution in [0, 0.1) is 5.92 Å². The quantitative estimate of drug-likeness (QED) is 0.887. The van der Waals surface area contributed by atoms with E-state index in [0.29, 0.717) is 11.5 Å². The van der Waals surface area contributed by atoms with Gasteiger partial charge in [0.15, 0.2) is 0 Å². The predicted octanol–water partition coefficient (Wildman–Crippen LogP) is 2.62. The van der Waals surface area contributed by atoms with Crippen LogP contribution < -0.4 is 5.32 Å². The summed E-state index contributed by atoms with van der Waals surface area (Å²) < 4.78 is 0. The van der Waals surface area contributed by atoms with Gasteiger partial charge in [-0.15, -0.1) is 0 Å². The van der Waals surface area contributed by atoms with E-state index in [1.165, 1.54) is 12.5 Å². The average molecular weight is 275 g/mol. The van der Waals surface area contributed by atoms with Crippen LogP contribution in [0.15, 0.2) is 24.3 Å². The van der Waals surface area contributed by atoms with Crippen molar-refractivity contribution in [2.24, 2.45) is 5.92 Å². The molecule has 0 saturated heterocycles. The number of hydrogen-bond acceptors (Lipinski definition) is 2. The summed E-state index contributed by atoms with van der Waals surface area (Å²) in [5, 5.41) is 12.2. The van der Waals surface area contributed by atoms with Crippen molar-refractivity contribution in [3.05, 3.63) is 35.4 Å². The molecule has 0 aliphatic heterocycles. The lowest BCUT2D eigenvalue weighted by Gasteiger charge is -2.29. The van der Waals surface area contributed by atoms with Gasteiger partial charge in [-0.1, -0.05) is 38.0 Å². The lowest BCUT2D eigenvalue weighted by molar-refractivity contribution is -0.121. The normalized spacial score (nSPS) is 22.2. The molecule has 0 aromatic heterocycles. The van der Waals surface area contributed by atoms with Crippen molar-refractivity contribution >= 4 is 11.9 Å². The molecule has 1 amide bonds. The first-order valence-electron chi connectivity index (χ1n) is 7.18. The van der Waals surface area contributed by atoms with E-state index in [9.17, 15) is 9.59 Å². The monoisotopic (exact) mass is 275 g/mol. The van der Waals surface area contributed by atoms with E-state index in [4.69, 9.17) is 5.11 Å². The molecule has 4 heteroatoms. The van der Waals surface area contributed by atoms with Gasteiger partial charge in [-0.25, -0.2) is 4.79 Å². The Balaban J connectivity index is 1.99. The molecule has 1 aromatic rings. The molecule has 0 bridgehead atoms. The van der Waals surface area contributed by atoms with Gasteiger partial charge in [0.05, 0.1) is 12.0 Å². The van der Waals surface area contributed by atoms with Gasteiger partial charge >= 0.3 is 5.97 Å². The van der Waals surface area contributed by atoms with Crippen LogP contribution in [0.1, 0.15) is 48.5 Å². The number of carboxylic acids is 1. The Morgan fingerprint density at radius 1 is 1.25 bits per heavy atom. The summed E-state index contributed by atoms with van der Waals surface area (Å²) in [7, 11) is 0. The molecule has 1 aromatic carbocycles. The van der Waals surface area contributed by atoms with Crippen LogP contribution in [0.3, 0.4) is 0 Å². The molecular formula is C16H21NO3. The topological polar surface area (TPSA) is 66.4 Å². The SMILES string of the molecule is CC1CCCCC1NC(=O)Cc1ccccc1C(=O)O. The second kappa shape index (κ2) is 6.55. The Labute approximate surface area is 119 Å². The van der Waals surface area contributed by atoms with Crippen molar-refractivity contribution in [2.75, 3.05) is 0 Å². The molecule has 2 N–H and O–H groups in total. The van der Waals surface area contributed by atoms with Crippen LogP contribution in [-0.4, -0.2) is 23.0 Å². The number of carboxylic acid groups (broad SMARTS) is 1. The van der Waals surface area contributed by atoms with Gasteiger partial charge in [-0.3, -0.25) is 4.79 Å². The van der Waals surface area contributed by atoms with Crippen molar-refractivity contribution in [1.82, 2.24) is 5.32 Å². The smallest absolute Gasteiger partial charge is 0.335 e. The van der Waals surface area contributed by atoms with E-state index in [-0.39, 0.29) is 23.9 Å². The largest absolute Gasteiger partial charge is 0.478 e. The van der Waals surface area contributed by atoms with Gasteiger partial charge in [0.1, 0.15) is 0 Å². The van der Waals surface area contributed by atoms with Crippen molar-refractivity contribution in [2.45, 2.75) is 45.1 Å². The maximum Gasteiger partial charge on any atom is 0.335 e. The third-order valence-corrected chi connectivity index (χ3v) is 4.06. The molecule has 1 aliphatic carbocycles. The summed E-state index contributed by atoms with van der Waals surface area (Å²) in [4.78, 5) is 23.2. The first-order valence-corrected chi connectivity index (χ1v) is 7.18. The van der Waals surface area contributed by atoms with Crippen molar-refractivity contribution in [3.8, 4) is 0 Å². The zero-order valence-corrected chi connectivity index (χ0v) is 11.8. The highest BCUT2D eigenvalue weighted by Crippen LogP contribution is 2.23. The van der Waals surface area contributed by atoms with E-state index >= 15 is 0 Å². The van der Waals surface area contributed by atoms with Crippen LogP contribution in [-0.2, 0) is 11.2 Å². The molecule has 4 nitrogen and oxygen atoms in total. The number of carbonyl (C=O) groups is 2. The molecule has 0 radical (unpaired) electrons. The fraction of sp³-hybridized carbons (Fsp3) is 0.500. The summed E-state index contributed by atoms with van der Waals surface area (Å²) in [6.07, 6.45) is 4.69. The first kappa shape index (κ1) is 14.6. The van der Waals surface area contributed by atoms with Crippen molar-refractivity contribution < 1.29 is 14.7 Å². The van der Waals surface area contributed by atoms with Crippen LogP contribution in [0.4, 0.5) is 0 Å². The number of benzene rings is 1. The third-order valence-electron chi connectivity index (χ3n) is 4.06. The van der Waals surface area contributed by atoms with Crippen LogP contribution >= 0.6 is 0 Å². The zero-order valence-electron chi connectivity index (χ0n) is 11.8. The number of hydrogen-bond donors (Lipinski definition) is 2. The molecule has 2 atom stereocenters. The molecule has 1 saturated carbocycles. The van der Waals surface area contributed by atoms with E-state index in [2.05, 4.69) is 12.2 Å². The molecule has 1 aliphatic rings. The molecule has 20 heavy (non-hydrogen) atoms.